The monoisotopic (exact) mass is 468 g/mol. The van der Waals surface area contributed by atoms with Gasteiger partial charge in [-0.2, -0.15) is 9.78 Å². The fourth-order valence-corrected chi connectivity index (χ4v) is 4.42. The van der Waals surface area contributed by atoms with E-state index in [1.54, 1.807) is 18.4 Å². The second kappa shape index (κ2) is 7.79. The van der Waals surface area contributed by atoms with Crippen molar-refractivity contribution in [3.63, 3.8) is 0 Å². The predicted octanol–water partition coefficient (Wildman–Crippen LogP) is 5.77. The lowest BCUT2D eigenvalue weighted by Crippen LogP contribution is -2.04. The molecule has 3 aromatic rings. The predicted molar refractivity (Wildman–Crippen MR) is 120 cm³/mol. The van der Waals surface area contributed by atoms with Crippen LogP contribution in [0.3, 0.4) is 0 Å². The number of aromatic nitrogens is 1. The summed E-state index contributed by atoms with van der Waals surface area (Å²) in [4.78, 5) is 12.9. The van der Waals surface area contributed by atoms with Crippen LogP contribution in [0.4, 0.5) is 0 Å². The summed E-state index contributed by atoms with van der Waals surface area (Å²) in [5.74, 6) is -0.199. The summed E-state index contributed by atoms with van der Waals surface area (Å²) < 4.78 is 2.62. The quantitative estimate of drug-likeness (QED) is 0.301. The molecule has 4 rings (SSSR count). The zero-order valence-corrected chi connectivity index (χ0v) is 17.6. The second-order valence-corrected chi connectivity index (χ2v) is 8.60. The molecule has 1 N–H and O–H groups in total. The van der Waals surface area contributed by atoms with Gasteiger partial charge in [0, 0.05) is 10.0 Å². The highest BCUT2D eigenvalue weighted by atomic mass is 79.9. The summed E-state index contributed by atoms with van der Waals surface area (Å²) in [5, 5.41) is 14.9. The molecular formula is C21H13BrN2O2S2. The molecule has 1 heterocycles. The van der Waals surface area contributed by atoms with Crippen LogP contribution in [0.5, 0.6) is 5.88 Å². The molecular weight excluding hydrogens is 456 g/mol. The van der Waals surface area contributed by atoms with Crippen LogP contribution in [0.2, 0.25) is 0 Å². The highest BCUT2D eigenvalue weighted by Gasteiger charge is 2.19. The number of fused-ring (bicyclic) bond motifs is 1. The largest absolute Gasteiger partial charge is 0.492 e. The van der Waals surface area contributed by atoms with Crippen molar-refractivity contribution >= 4 is 69.2 Å². The summed E-state index contributed by atoms with van der Waals surface area (Å²) in [6.45, 7) is 0. The van der Waals surface area contributed by atoms with E-state index in [0.29, 0.717) is 14.4 Å². The summed E-state index contributed by atoms with van der Waals surface area (Å²) in [6.07, 6.45) is 6.62. The van der Waals surface area contributed by atoms with Gasteiger partial charge in [-0.25, -0.2) is 0 Å². The van der Waals surface area contributed by atoms with Crippen LogP contribution in [0.15, 0.2) is 64.2 Å². The molecule has 0 radical (unpaired) electrons. The molecule has 2 aromatic carbocycles. The van der Waals surface area contributed by atoms with Crippen LogP contribution in [0, 0.1) is 3.95 Å². The third kappa shape index (κ3) is 3.69. The molecule has 28 heavy (non-hydrogen) atoms. The van der Waals surface area contributed by atoms with E-state index in [1.807, 2.05) is 48.5 Å². The van der Waals surface area contributed by atoms with Crippen LogP contribution in [0.25, 0.3) is 17.7 Å². The minimum Gasteiger partial charge on any atom is -0.492 e. The molecule has 1 aliphatic carbocycles. The number of benzene rings is 2. The molecule has 0 fully saturated rings. The van der Waals surface area contributed by atoms with Gasteiger partial charge in [-0.15, -0.1) is 0 Å². The van der Waals surface area contributed by atoms with E-state index in [-0.39, 0.29) is 11.7 Å². The molecule has 1 aliphatic rings. The fraction of sp³-hybridized carbons (Fsp3) is 0. The number of carbonyl (C=O) groups is 1. The smallest absolute Gasteiger partial charge is 0.232 e. The van der Waals surface area contributed by atoms with Crippen molar-refractivity contribution < 1.29 is 9.90 Å². The van der Waals surface area contributed by atoms with Gasteiger partial charge in [0.15, 0.2) is 9.74 Å². The Kier molecular flexibility index (Phi) is 5.21. The first-order chi connectivity index (χ1) is 13.5. The van der Waals surface area contributed by atoms with Gasteiger partial charge in [0.05, 0.1) is 11.1 Å². The molecule has 0 saturated carbocycles. The number of carbonyl (C=O) groups excluding carboxylic acids is 1. The number of nitrogens with zero attached hydrogens (tertiary/aromatic N) is 2. The molecule has 138 valence electrons. The van der Waals surface area contributed by atoms with Crippen LogP contribution >= 0.6 is 39.5 Å². The first kappa shape index (κ1) is 18.7. The van der Waals surface area contributed by atoms with Crippen molar-refractivity contribution in [1.29, 1.82) is 0 Å². The zero-order chi connectivity index (χ0) is 19.7. The minimum absolute atomic E-state index is 0.0893. The van der Waals surface area contributed by atoms with E-state index >= 15 is 0 Å². The Morgan fingerprint density at radius 2 is 1.96 bits per heavy atom. The fourth-order valence-electron chi connectivity index (χ4n) is 2.84. The van der Waals surface area contributed by atoms with E-state index in [0.717, 1.165) is 21.2 Å². The van der Waals surface area contributed by atoms with E-state index in [4.69, 9.17) is 12.2 Å². The first-order valence-electron chi connectivity index (χ1n) is 8.31. The van der Waals surface area contributed by atoms with Crippen molar-refractivity contribution in [3.05, 3.63) is 84.6 Å². The van der Waals surface area contributed by atoms with Crippen molar-refractivity contribution in [3.8, 4) is 5.88 Å². The van der Waals surface area contributed by atoms with Gasteiger partial charge >= 0.3 is 0 Å². The van der Waals surface area contributed by atoms with Gasteiger partial charge < -0.3 is 5.11 Å². The molecule has 0 amide bonds. The topological polar surface area (TPSA) is 54.6 Å². The molecule has 0 spiro atoms. The van der Waals surface area contributed by atoms with Gasteiger partial charge in [0.1, 0.15) is 0 Å². The number of rotatable bonds is 3. The van der Waals surface area contributed by atoms with Crippen LogP contribution in [-0.2, 0) is 4.79 Å². The molecule has 0 saturated heterocycles. The van der Waals surface area contributed by atoms with E-state index in [2.05, 4.69) is 21.0 Å². The maximum Gasteiger partial charge on any atom is 0.232 e. The van der Waals surface area contributed by atoms with Crippen molar-refractivity contribution in [2.45, 2.75) is 0 Å². The summed E-state index contributed by atoms with van der Waals surface area (Å²) in [6, 6.07) is 15.3. The Balaban J connectivity index is 1.74. The highest BCUT2D eigenvalue weighted by Crippen LogP contribution is 2.33. The number of hydrogen-bond donors (Lipinski definition) is 1. The Hall–Kier alpha value is -2.61. The van der Waals surface area contributed by atoms with Gasteiger partial charge in [0.2, 0.25) is 5.88 Å². The normalized spacial score (nSPS) is 14.8. The van der Waals surface area contributed by atoms with E-state index in [9.17, 15) is 9.90 Å². The lowest BCUT2D eigenvalue weighted by Gasteiger charge is -2.12. The van der Waals surface area contributed by atoms with Crippen LogP contribution in [0.1, 0.15) is 21.6 Å². The third-order valence-electron chi connectivity index (χ3n) is 4.17. The molecule has 0 bridgehead atoms. The molecule has 0 unspecified atom stereocenters. The van der Waals surface area contributed by atoms with E-state index in [1.165, 1.54) is 22.1 Å². The number of thiazole rings is 1. The SMILES string of the molecule is O=C1C=Cc2ccccc2C1=Cc1sc(=S)n(N=Cc2cccc(Br)c2)c1O. The summed E-state index contributed by atoms with van der Waals surface area (Å²) in [5.41, 5.74) is 3.18. The van der Waals surface area contributed by atoms with Crippen molar-refractivity contribution in [2.24, 2.45) is 5.10 Å². The van der Waals surface area contributed by atoms with Gasteiger partial charge in [-0.3, -0.25) is 4.79 Å². The second-order valence-electron chi connectivity index (χ2n) is 6.01. The van der Waals surface area contributed by atoms with Crippen molar-refractivity contribution in [1.82, 2.24) is 4.68 Å². The average molecular weight is 469 g/mol. The Labute approximate surface area is 178 Å². The molecule has 0 atom stereocenters. The number of aromatic hydroxyl groups is 1. The zero-order valence-electron chi connectivity index (χ0n) is 14.4. The molecule has 4 nitrogen and oxygen atoms in total. The first-order valence-corrected chi connectivity index (χ1v) is 10.3. The molecule has 1 aromatic heterocycles. The highest BCUT2D eigenvalue weighted by molar-refractivity contribution is 9.10. The maximum atomic E-state index is 12.4. The van der Waals surface area contributed by atoms with Crippen LogP contribution < -0.4 is 0 Å². The van der Waals surface area contributed by atoms with E-state index < -0.39 is 0 Å². The lowest BCUT2D eigenvalue weighted by atomic mass is 9.91. The third-order valence-corrected chi connectivity index (χ3v) is 5.95. The van der Waals surface area contributed by atoms with Crippen LogP contribution in [-0.4, -0.2) is 21.8 Å². The van der Waals surface area contributed by atoms with Gasteiger partial charge in [-0.1, -0.05) is 69.7 Å². The standard InChI is InChI=1S/C21H13BrN2O2S2/c22-15-6-3-4-13(10-15)12-23-24-20(26)19(28-21(24)27)11-17-16-7-2-1-5-14(16)8-9-18(17)25/h1-12,26H. The Bertz CT molecular complexity index is 1240. The summed E-state index contributed by atoms with van der Waals surface area (Å²) in [7, 11) is 0. The molecule has 0 aliphatic heterocycles. The van der Waals surface area contributed by atoms with Gasteiger partial charge in [-0.05, 0) is 53.2 Å². The lowest BCUT2D eigenvalue weighted by molar-refractivity contribution is -0.109. The number of ketones is 1. The Morgan fingerprint density at radius 3 is 2.79 bits per heavy atom. The van der Waals surface area contributed by atoms with Gasteiger partial charge in [0.25, 0.3) is 0 Å². The maximum absolute atomic E-state index is 12.4. The number of allylic oxidation sites excluding steroid dienone is 2. The number of halogens is 1. The average Bonchev–Trinajstić information content (AvgIpc) is 2.95. The number of hydrogen-bond acceptors (Lipinski definition) is 5. The molecule has 7 heteroatoms. The summed E-state index contributed by atoms with van der Waals surface area (Å²) >= 11 is 9.96. The van der Waals surface area contributed by atoms with Crippen molar-refractivity contribution in [2.75, 3.05) is 0 Å². The Morgan fingerprint density at radius 1 is 1.14 bits per heavy atom. The minimum atomic E-state index is -0.110.